The lowest BCUT2D eigenvalue weighted by Gasteiger charge is -2.17. The van der Waals surface area contributed by atoms with Gasteiger partial charge in [-0.05, 0) is 113 Å². The van der Waals surface area contributed by atoms with E-state index in [0.29, 0.717) is 0 Å². The first-order valence-electron chi connectivity index (χ1n) is 16.6. The minimum atomic E-state index is 0.902. The van der Waals surface area contributed by atoms with Crippen molar-refractivity contribution in [3.8, 4) is 33.4 Å². The van der Waals surface area contributed by atoms with Crippen LogP contribution in [0.4, 0.5) is 0 Å². The molecule has 1 nitrogen and oxygen atoms in total. The molecular formula is C47H30O. The molecule has 1 aromatic heterocycles. The molecule has 0 saturated heterocycles. The highest BCUT2D eigenvalue weighted by Crippen LogP contribution is 2.45. The third kappa shape index (κ3) is 3.91. The molecule has 0 bridgehead atoms. The fourth-order valence-electron chi connectivity index (χ4n) is 8.10. The van der Waals surface area contributed by atoms with Gasteiger partial charge < -0.3 is 4.42 Å². The fraction of sp³-hybridized carbons (Fsp3) is 0.0213. The summed E-state index contributed by atoms with van der Waals surface area (Å²) in [5.74, 6) is 0. The van der Waals surface area contributed by atoms with Crippen LogP contribution in [0.15, 0.2) is 168 Å². The van der Waals surface area contributed by atoms with E-state index in [1.54, 1.807) is 0 Å². The van der Waals surface area contributed by atoms with Crippen LogP contribution < -0.4 is 0 Å². The van der Waals surface area contributed by atoms with Crippen LogP contribution in [-0.4, -0.2) is 0 Å². The van der Waals surface area contributed by atoms with Gasteiger partial charge in [-0.25, -0.2) is 0 Å². The molecule has 10 aromatic rings. The van der Waals surface area contributed by atoms with E-state index in [1.807, 2.05) is 0 Å². The van der Waals surface area contributed by atoms with Crippen molar-refractivity contribution >= 4 is 65.0 Å². The van der Waals surface area contributed by atoms with E-state index in [9.17, 15) is 0 Å². The predicted molar refractivity (Wildman–Crippen MR) is 205 cm³/mol. The largest absolute Gasteiger partial charge is 0.456 e. The third-order valence-corrected chi connectivity index (χ3v) is 10.2. The average molecular weight is 611 g/mol. The summed E-state index contributed by atoms with van der Waals surface area (Å²) in [4.78, 5) is 0. The molecule has 0 N–H and O–H groups in total. The molecule has 0 amide bonds. The van der Waals surface area contributed by atoms with Gasteiger partial charge in [0.25, 0.3) is 0 Å². The average Bonchev–Trinajstić information content (AvgIpc) is 3.51. The van der Waals surface area contributed by atoms with Gasteiger partial charge >= 0.3 is 0 Å². The van der Waals surface area contributed by atoms with Crippen LogP contribution in [0.3, 0.4) is 0 Å². The first-order valence-corrected chi connectivity index (χ1v) is 16.6. The minimum absolute atomic E-state index is 0.902. The van der Waals surface area contributed by atoms with Gasteiger partial charge in [0.1, 0.15) is 11.2 Å². The Labute approximate surface area is 278 Å². The molecule has 224 valence electrons. The standard InChI is InChI=1S/C47H30O/c1-29-33-15-5-7-17-36(33)47(37-18-8-6-16-34(29)37)32-23-25-35-42-27-31(24-26-43(42)48-44(35)28-32)46-40-21-11-9-19-38(40)45(30-13-3-2-4-14-30)39-20-10-12-22-41(39)46/h2-28H,1H3. The minimum Gasteiger partial charge on any atom is -0.456 e. The summed E-state index contributed by atoms with van der Waals surface area (Å²) in [6.07, 6.45) is 0. The number of fused-ring (bicyclic) bond motifs is 7. The lowest BCUT2D eigenvalue weighted by atomic mass is 9.86. The van der Waals surface area contributed by atoms with Gasteiger partial charge in [-0.2, -0.15) is 0 Å². The maximum absolute atomic E-state index is 6.61. The fourth-order valence-corrected chi connectivity index (χ4v) is 8.10. The van der Waals surface area contributed by atoms with Gasteiger partial charge in [0.2, 0.25) is 0 Å². The second kappa shape index (κ2) is 10.4. The van der Waals surface area contributed by atoms with Crippen molar-refractivity contribution in [2.24, 2.45) is 0 Å². The van der Waals surface area contributed by atoms with Gasteiger partial charge in [-0.15, -0.1) is 0 Å². The summed E-state index contributed by atoms with van der Waals surface area (Å²) in [7, 11) is 0. The van der Waals surface area contributed by atoms with Gasteiger partial charge in [0, 0.05) is 10.8 Å². The van der Waals surface area contributed by atoms with Crippen LogP contribution in [0.25, 0.3) is 98.4 Å². The van der Waals surface area contributed by atoms with Crippen LogP contribution in [0.2, 0.25) is 0 Å². The summed E-state index contributed by atoms with van der Waals surface area (Å²) in [6, 6.07) is 59.4. The van der Waals surface area contributed by atoms with Crippen molar-refractivity contribution in [3.05, 3.63) is 169 Å². The zero-order chi connectivity index (χ0) is 31.8. The van der Waals surface area contributed by atoms with Crippen LogP contribution in [0, 0.1) is 6.92 Å². The molecule has 1 heteroatoms. The molecule has 10 rings (SSSR count). The number of furan rings is 1. The maximum atomic E-state index is 6.61. The number of benzene rings is 9. The number of aryl methyl sites for hydroxylation is 1. The Hall–Kier alpha value is -6.18. The highest BCUT2D eigenvalue weighted by atomic mass is 16.3. The molecule has 0 fully saturated rings. The topological polar surface area (TPSA) is 13.1 Å². The van der Waals surface area contributed by atoms with E-state index in [-0.39, 0.29) is 0 Å². The number of hydrogen-bond donors (Lipinski definition) is 0. The van der Waals surface area contributed by atoms with Crippen molar-refractivity contribution < 1.29 is 4.42 Å². The Morgan fingerprint density at radius 3 is 1.25 bits per heavy atom. The van der Waals surface area contributed by atoms with Crippen LogP contribution >= 0.6 is 0 Å². The molecule has 0 aliphatic carbocycles. The quantitative estimate of drug-likeness (QED) is 0.181. The molecule has 48 heavy (non-hydrogen) atoms. The molecule has 0 atom stereocenters. The normalized spacial score (nSPS) is 11.9. The Balaban J connectivity index is 1.21. The smallest absolute Gasteiger partial charge is 0.136 e. The van der Waals surface area contributed by atoms with Gasteiger partial charge in [0.05, 0.1) is 0 Å². The van der Waals surface area contributed by atoms with Crippen molar-refractivity contribution in [3.63, 3.8) is 0 Å². The highest BCUT2D eigenvalue weighted by molar-refractivity contribution is 6.22. The highest BCUT2D eigenvalue weighted by Gasteiger charge is 2.19. The molecular weight excluding hydrogens is 581 g/mol. The SMILES string of the molecule is Cc1c2ccccc2c(-c2ccc3c(c2)oc2ccc(-c4c5ccccc5c(-c5ccccc5)c5ccccc45)cc23)c2ccccc12. The van der Waals surface area contributed by atoms with Crippen LogP contribution in [0.1, 0.15) is 5.56 Å². The third-order valence-electron chi connectivity index (χ3n) is 10.2. The summed E-state index contributed by atoms with van der Waals surface area (Å²) in [5.41, 5.74) is 10.5. The van der Waals surface area contributed by atoms with Crippen molar-refractivity contribution in [1.29, 1.82) is 0 Å². The predicted octanol–water partition coefficient (Wildman–Crippen LogP) is 13.5. The molecule has 0 unspecified atom stereocenters. The lowest BCUT2D eigenvalue weighted by molar-refractivity contribution is 0.669. The Morgan fingerprint density at radius 2 is 0.708 bits per heavy atom. The van der Waals surface area contributed by atoms with Crippen molar-refractivity contribution in [2.45, 2.75) is 6.92 Å². The van der Waals surface area contributed by atoms with Gasteiger partial charge in [0.15, 0.2) is 0 Å². The first-order chi connectivity index (χ1) is 23.7. The second-order valence-electron chi connectivity index (χ2n) is 12.8. The molecule has 9 aromatic carbocycles. The van der Waals surface area contributed by atoms with Crippen LogP contribution in [0.5, 0.6) is 0 Å². The summed E-state index contributed by atoms with van der Waals surface area (Å²) in [5, 5.41) is 12.4. The van der Waals surface area contributed by atoms with E-state index >= 15 is 0 Å². The van der Waals surface area contributed by atoms with Gasteiger partial charge in [-0.3, -0.25) is 0 Å². The van der Waals surface area contributed by atoms with E-state index < -0.39 is 0 Å². The van der Waals surface area contributed by atoms with E-state index in [4.69, 9.17) is 4.42 Å². The van der Waals surface area contributed by atoms with E-state index in [0.717, 1.165) is 21.9 Å². The molecule has 0 aliphatic rings. The molecule has 0 radical (unpaired) electrons. The van der Waals surface area contributed by atoms with E-state index in [1.165, 1.54) is 82.0 Å². The lowest BCUT2D eigenvalue weighted by Crippen LogP contribution is -1.90. The summed E-state index contributed by atoms with van der Waals surface area (Å²) in [6.45, 7) is 2.23. The van der Waals surface area contributed by atoms with Crippen LogP contribution in [-0.2, 0) is 0 Å². The molecule has 1 heterocycles. The number of hydrogen-bond acceptors (Lipinski definition) is 1. The van der Waals surface area contributed by atoms with Crippen molar-refractivity contribution in [1.82, 2.24) is 0 Å². The zero-order valence-electron chi connectivity index (χ0n) is 26.5. The van der Waals surface area contributed by atoms with Crippen molar-refractivity contribution in [2.75, 3.05) is 0 Å². The summed E-state index contributed by atoms with van der Waals surface area (Å²) >= 11 is 0. The molecule has 0 aliphatic heterocycles. The maximum Gasteiger partial charge on any atom is 0.136 e. The molecule has 0 saturated carbocycles. The number of rotatable bonds is 3. The summed E-state index contributed by atoms with van der Waals surface area (Å²) < 4.78 is 6.61. The Kier molecular flexibility index (Phi) is 5.86. The molecule has 0 spiro atoms. The van der Waals surface area contributed by atoms with Gasteiger partial charge in [-0.1, -0.05) is 140 Å². The Bertz CT molecular complexity index is 2780. The zero-order valence-corrected chi connectivity index (χ0v) is 26.5. The van der Waals surface area contributed by atoms with E-state index in [2.05, 4.69) is 171 Å². The monoisotopic (exact) mass is 610 g/mol. The first kappa shape index (κ1) is 27.0. The second-order valence-corrected chi connectivity index (χ2v) is 12.8. The Morgan fingerprint density at radius 1 is 0.292 bits per heavy atom.